The molecule has 8 nitrogen and oxygen atoms in total. The van der Waals surface area contributed by atoms with Gasteiger partial charge in [0.25, 0.3) is 0 Å². The van der Waals surface area contributed by atoms with Gasteiger partial charge < -0.3 is 27.2 Å². The Morgan fingerprint density at radius 3 is 2.35 bits per heavy atom. The summed E-state index contributed by atoms with van der Waals surface area (Å²) in [6.07, 6.45) is 0.577. The van der Waals surface area contributed by atoms with Gasteiger partial charge in [-0.3, -0.25) is 4.79 Å². The van der Waals surface area contributed by atoms with E-state index in [1.54, 1.807) is 0 Å². The summed E-state index contributed by atoms with van der Waals surface area (Å²) >= 11 is 0. The van der Waals surface area contributed by atoms with E-state index in [0.29, 0.717) is 6.42 Å². The lowest BCUT2D eigenvalue weighted by molar-refractivity contribution is -0.142. The second-order valence-electron chi connectivity index (χ2n) is 3.62. The fourth-order valence-corrected chi connectivity index (χ4v) is 1.08. The van der Waals surface area contributed by atoms with Gasteiger partial charge in [0, 0.05) is 6.54 Å². The average Bonchev–Trinajstić information content (AvgIpc) is 2.21. The normalized spacial score (nSPS) is 13.5. The van der Waals surface area contributed by atoms with Gasteiger partial charge in [0.15, 0.2) is 0 Å². The molecule has 98 valence electrons. The highest BCUT2D eigenvalue weighted by Gasteiger charge is 2.20. The van der Waals surface area contributed by atoms with Crippen molar-refractivity contribution < 1.29 is 19.5 Å². The molecule has 0 aromatic carbocycles. The van der Waals surface area contributed by atoms with Gasteiger partial charge in [0.05, 0.1) is 6.04 Å². The van der Waals surface area contributed by atoms with E-state index >= 15 is 0 Å². The third-order valence-electron chi connectivity index (χ3n) is 2.00. The first-order chi connectivity index (χ1) is 7.84. The lowest BCUT2D eigenvalue weighted by atomic mass is 10.1. The number of hydrogen-bond acceptors (Lipinski definition) is 4. The Morgan fingerprint density at radius 2 is 1.94 bits per heavy atom. The smallest absolute Gasteiger partial charge is 0.326 e. The standard InChI is InChI=1S/C9H18N4O4/c1-5(10)7(14)13-6(8(15)16)3-2-4-12-9(11)17/h5-6H,2-4,10H2,1H3,(H,13,14)(H,15,16)(H3,11,12,17)/t5-,6-/m0/s1. The van der Waals surface area contributed by atoms with Crippen molar-refractivity contribution in [1.29, 1.82) is 0 Å². The van der Waals surface area contributed by atoms with E-state index < -0.39 is 30.0 Å². The maximum absolute atomic E-state index is 11.2. The zero-order valence-corrected chi connectivity index (χ0v) is 9.60. The van der Waals surface area contributed by atoms with E-state index in [-0.39, 0.29) is 13.0 Å². The van der Waals surface area contributed by atoms with E-state index in [2.05, 4.69) is 10.6 Å². The highest BCUT2D eigenvalue weighted by molar-refractivity contribution is 5.86. The van der Waals surface area contributed by atoms with Crippen molar-refractivity contribution in [2.24, 2.45) is 11.5 Å². The molecular formula is C9H18N4O4. The van der Waals surface area contributed by atoms with Crippen molar-refractivity contribution in [2.75, 3.05) is 6.54 Å². The molecule has 0 radical (unpaired) electrons. The average molecular weight is 246 g/mol. The van der Waals surface area contributed by atoms with Gasteiger partial charge >= 0.3 is 12.0 Å². The first-order valence-corrected chi connectivity index (χ1v) is 5.16. The molecule has 0 heterocycles. The maximum atomic E-state index is 11.2. The van der Waals surface area contributed by atoms with Crippen LogP contribution in [0.25, 0.3) is 0 Å². The van der Waals surface area contributed by atoms with Crippen LogP contribution in [0.5, 0.6) is 0 Å². The molecule has 0 spiro atoms. The Balaban J connectivity index is 4.04. The van der Waals surface area contributed by atoms with E-state index in [1.165, 1.54) is 6.92 Å². The quantitative estimate of drug-likeness (QED) is 0.341. The first kappa shape index (κ1) is 15.2. The SMILES string of the molecule is C[C@H](N)C(=O)N[C@@H](CCCNC(N)=O)C(=O)O. The largest absolute Gasteiger partial charge is 0.480 e. The number of carbonyl (C=O) groups is 3. The van der Waals surface area contributed by atoms with Crippen LogP contribution >= 0.6 is 0 Å². The van der Waals surface area contributed by atoms with Gasteiger partial charge in [-0.05, 0) is 19.8 Å². The minimum atomic E-state index is -1.14. The zero-order chi connectivity index (χ0) is 13.4. The monoisotopic (exact) mass is 246 g/mol. The van der Waals surface area contributed by atoms with Crippen LogP contribution in [0, 0.1) is 0 Å². The molecule has 8 heteroatoms. The van der Waals surface area contributed by atoms with Crippen LogP contribution < -0.4 is 22.1 Å². The van der Waals surface area contributed by atoms with Gasteiger partial charge in [0.2, 0.25) is 5.91 Å². The molecule has 0 aliphatic carbocycles. The summed E-state index contributed by atoms with van der Waals surface area (Å²) in [6, 6.07) is -2.44. The van der Waals surface area contributed by atoms with Crippen LogP contribution in [0.4, 0.5) is 4.79 Å². The summed E-state index contributed by atoms with van der Waals surface area (Å²) in [5.41, 5.74) is 10.1. The van der Waals surface area contributed by atoms with Crippen molar-refractivity contribution in [2.45, 2.75) is 31.8 Å². The van der Waals surface area contributed by atoms with Crippen LogP contribution in [0.3, 0.4) is 0 Å². The summed E-state index contributed by atoms with van der Waals surface area (Å²) in [4.78, 5) is 32.4. The number of nitrogens with two attached hydrogens (primary N) is 2. The predicted octanol–water partition coefficient (Wildman–Crippen LogP) is -1.65. The van der Waals surface area contributed by atoms with Gasteiger partial charge in [-0.25, -0.2) is 9.59 Å². The Kier molecular flexibility index (Phi) is 6.64. The zero-order valence-electron chi connectivity index (χ0n) is 9.60. The molecule has 3 amide bonds. The Hall–Kier alpha value is -1.83. The van der Waals surface area contributed by atoms with Gasteiger partial charge in [-0.1, -0.05) is 0 Å². The summed E-state index contributed by atoms with van der Waals surface area (Å²) in [7, 11) is 0. The number of carboxylic acids is 1. The number of hydrogen-bond donors (Lipinski definition) is 5. The number of rotatable bonds is 7. The third-order valence-corrected chi connectivity index (χ3v) is 2.00. The molecular weight excluding hydrogens is 228 g/mol. The van der Waals surface area contributed by atoms with E-state index in [0.717, 1.165) is 0 Å². The topological polar surface area (TPSA) is 148 Å². The molecule has 0 rings (SSSR count). The number of primary amides is 1. The molecule has 17 heavy (non-hydrogen) atoms. The second-order valence-corrected chi connectivity index (χ2v) is 3.62. The summed E-state index contributed by atoms with van der Waals surface area (Å²) in [5.74, 6) is -1.67. The molecule has 0 saturated carbocycles. The minimum absolute atomic E-state index is 0.189. The van der Waals surface area contributed by atoms with Crippen molar-refractivity contribution >= 4 is 17.9 Å². The number of carboxylic acid groups (broad SMARTS) is 1. The Morgan fingerprint density at radius 1 is 1.35 bits per heavy atom. The number of aliphatic carboxylic acids is 1. The number of amides is 3. The molecule has 0 bridgehead atoms. The predicted molar refractivity (Wildman–Crippen MR) is 60.0 cm³/mol. The van der Waals surface area contributed by atoms with Gasteiger partial charge in [0.1, 0.15) is 6.04 Å². The lowest BCUT2D eigenvalue weighted by Crippen LogP contribution is -2.47. The number of urea groups is 1. The maximum Gasteiger partial charge on any atom is 0.326 e. The molecule has 7 N–H and O–H groups in total. The minimum Gasteiger partial charge on any atom is -0.480 e. The molecule has 0 aliphatic rings. The van der Waals surface area contributed by atoms with Crippen LogP contribution in [0.1, 0.15) is 19.8 Å². The Bertz CT molecular complexity index is 293. The molecule has 0 unspecified atom stereocenters. The van der Waals surface area contributed by atoms with Gasteiger partial charge in [-0.15, -0.1) is 0 Å². The van der Waals surface area contributed by atoms with Crippen molar-refractivity contribution in [3.8, 4) is 0 Å². The fraction of sp³-hybridized carbons (Fsp3) is 0.667. The Labute approximate surface area is 98.7 Å². The summed E-state index contributed by atoms with van der Waals surface area (Å²) in [6.45, 7) is 1.72. The molecule has 0 fully saturated rings. The molecule has 0 aromatic rings. The van der Waals surface area contributed by atoms with Crippen molar-refractivity contribution in [1.82, 2.24) is 10.6 Å². The van der Waals surface area contributed by atoms with Crippen LogP contribution in [-0.4, -0.2) is 41.6 Å². The number of nitrogens with one attached hydrogen (secondary N) is 2. The summed E-state index contributed by atoms with van der Waals surface area (Å²) < 4.78 is 0. The van der Waals surface area contributed by atoms with Crippen LogP contribution in [-0.2, 0) is 9.59 Å². The van der Waals surface area contributed by atoms with E-state index in [9.17, 15) is 14.4 Å². The highest BCUT2D eigenvalue weighted by atomic mass is 16.4. The van der Waals surface area contributed by atoms with Crippen molar-refractivity contribution in [3.05, 3.63) is 0 Å². The highest BCUT2D eigenvalue weighted by Crippen LogP contribution is 1.97. The molecule has 2 atom stereocenters. The van der Waals surface area contributed by atoms with Crippen LogP contribution in [0.15, 0.2) is 0 Å². The van der Waals surface area contributed by atoms with Gasteiger partial charge in [-0.2, -0.15) is 0 Å². The summed E-state index contributed by atoms with van der Waals surface area (Å²) in [5, 5.41) is 13.5. The molecule has 0 aliphatic heterocycles. The molecule has 0 aromatic heterocycles. The fourth-order valence-electron chi connectivity index (χ4n) is 1.08. The van der Waals surface area contributed by atoms with Crippen LogP contribution in [0.2, 0.25) is 0 Å². The lowest BCUT2D eigenvalue weighted by Gasteiger charge is -2.15. The second kappa shape index (κ2) is 7.44. The van der Waals surface area contributed by atoms with Crippen molar-refractivity contribution in [3.63, 3.8) is 0 Å². The van der Waals surface area contributed by atoms with E-state index in [1.807, 2.05) is 0 Å². The first-order valence-electron chi connectivity index (χ1n) is 5.16. The van der Waals surface area contributed by atoms with E-state index in [4.69, 9.17) is 16.6 Å². The third kappa shape index (κ3) is 7.12. The molecule has 0 saturated heterocycles. The number of carbonyl (C=O) groups excluding carboxylic acids is 2.